The fourth-order valence-corrected chi connectivity index (χ4v) is 2.34. The Bertz CT molecular complexity index is 608. The van der Waals surface area contributed by atoms with Gasteiger partial charge in [0.15, 0.2) is 0 Å². The van der Waals surface area contributed by atoms with Crippen molar-refractivity contribution in [2.75, 3.05) is 11.9 Å². The molecule has 22 heavy (non-hydrogen) atoms. The van der Waals surface area contributed by atoms with Crippen LogP contribution in [0.3, 0.4) is 0 Å². The molecular formula is C19H24N2O. The number of hydrogen-bond acceptors (Lipinski definition) is 1. The van der Waals surface area contributed by atoms with E-state index in [0.29, 0.717) is 6.54 Å². The lowest BCUT2D eigenvalue weighted by molar-refractivity contribution is 0.252. The van der Waals surface area contributed by atoms with Crippen molar-refractivity contribution in [2.45, 2.75) is 33.1 Å². The Balaban J connectivity index is 1.66. The topological polar surface area (TPSA) is 41.1 Å². The van der Waals surface area contributed by atoms with Crippen LogP contribution in [0.5, 0.6) is 0 Å². The predicted molar refractivity (Wildman–Crippen MR) is 92.3 cm³/mol. The molecule has 0 saturated carbocycles. The molecule has 0 saturated heterocycles. The van der Waals surface area contributed by atoms with Gasteiger partial charge in [0.2, 0.25) is 0 Å². The van der Waals surface area contributed by atoms with Crippen molar-refractivity contribution in [3.63, 3.8) is 0 Å². The first-order valence-electron chi connectivity index (χ1n) is 7.81. The van der Waals surface area contributed by atoms with Crippen molar-refractivity contribution in [1.82, 2.24) is 5.32 Å². The Hall–Kier alpha value is -2.29. The van der Waals surface area contributed by atoms with E-state index >= 15 is 0 Å². The summed E-state index contributed by atoms with van der Waals surface area (Å²) < 4.78 is 0. The highest BCUT2D eigenvalue weighted by Crippen LogP contribution is 2.15. The molecular weight excluding hydrogens is 272 g/mol. The average molecular weight is 296 g/mol. The summed E-state index contributed by atoms with van der Waals surface area (Å²) in [4.78, 5) is 11.9. The largest absolute Gasteiger partial charge is 0.338 e. The Kier molecular flexibility index (Phi) is 6.01. The Morgan fingerprint density at radius 3 is 2.55 bits per heavy atom. The number of anilines is 1. The monoisotopic (exact) mass is 296 g/mol. The van der Waals surface area contributed by atoms with Gasteiger partial charge in [-0.1, -0.05) is 42.5 Å². The highest BCUT2D eigenvalue weighted by atomic mass is 16.2. The van der Waals surface area contributed by atoms with Gasteiger partial charge in [-0.3, -0.25) is 0 Å². The third-order valence-electron chi connectivity index (χ3n) is 3.66. The zero-order valence-electron chi connectivity index (χ0n) is 13.4. The number of aryl methyl sites for hydroxylation is 3. The lowest BCUT2D eigenvalue weighted by atomic mass is 10.1. The Morgan fingerprint density at radius 2 is 1.77 bits per heavy atom. The summed E-state index contributed by atoms with van der Waals surface area (Å²) in [5, 5.41) is 5.82. The smallest absolute Gasteiger partial charge is 0.319 e. The number of carbonyl (C=O) groups is 1. The van der Waals surface area contributed by atoms with Gasteiger partial charge in [-0.05, 0) is 55.9 Å². The first-order valence-corrected chi connectivity index (χ1v) is 7.81. The van der Waals surface area contributed by atoms with Crippen molar-refractivity contribution in [3.05, 3.63) is 65.2 Å². The van der Waals surface area contributed by atoms with E-state index < -0.39 is 0 Å². The molecule has 0 radical (unpaired) electrons. The fourth-order valence-electron chi connectivity index (χ4n) is 2.34. The Morgan fingerprint density at radius 1 is 1.00 bits per heavy atom. The van der Waals surface area contributed by atoms with Gasteiger partial charge in [0.05, 0.1) is 0 Å². The molecule has 0 fully saturated rings. The van der Waals surface area contributed by atoms with Crippen LogP contribution < -0.4 is 10.6 Å². The number of rotatable bonds is 6. The molecule has 0 unspecified atom stereocenters. The van der Waals surface area contributed by atoms with Crippen LogP contribution in [0.1, 0.15) is 29.5 Å². The number of hydrogen-bond donors (Lipinski definition) is 2. The molecule has 3 heteroatoms. The molecule has 2 aromatic carbocycles. The maximum Gasteiger partial charge on any atom is 0.319 e. The van der Waals surface area contributed by atoms with E-state index in [1.807, 2.05) is 38.1 Å². The zero-order valence-corrected chi connectivity index (χ0v) is 13.4. The standard InChI is InChI=1S/C19H24N2O/c1-15-11-12-16(2)18(14-15)21-19(22)20-13-7-6-10-17-8-4-3-5-9-17/h3-5,8-9,11-12,14H,6-7,10,13H2,1-2H3,(H2,20,21,22). The highest BCUT2D eigenvalue weighted by molar-refractivity contribution is 5.90. The van der Waals surface area contributed by atoms with Gasteiger partial charge >= 0.3 is 6.03 Å². The number of carbonyl (C=O) groups excluding carboxylic acids is 1. The molecule has 0 aliphatic heterocycles. The number of amides is 2. The first-order chi connectivity index (χ1) is 10.6. The minimum atomic E-state index is -0.131. The van der Waals surface area contributed by atoms with Crippen molar-refractivity contribution in [3.8, 4) is 0 Å². The van der Waals surface area contributed by atoms with Crippen LogP contribution in [0.2, 0.25) is 0 Å². The number of nitrogens with one attached hydrogen (secondary N) is 2. The average Bonchev–Trinajstić information content (AvgIpc) is 2.51. The maximum absolute atomic E-state index is 11.9. The second-order valence-electron chi connectivity index (χ2n) is 5.64. The van der Waals surface area contributed by atoms with Crippen LogP contribution in [0, 0.1) is 13.8 Å². The minimum Gasteiger partial charge on any atom is -0.338 e. The van der Waals surface area contributed by atoms with Gasteiger partial charge in [-0.25, -0.2) is 4.79 Å². The minimum absolute atomic E-state index is 0.131. The van der Waals surface area contributed by atoms with Crippen molar-refractivity contribution in [1.29, 1.82) is 0 Å². The van der Waals surface area contributed by atoms with Crippen molar-refractivity contribution < 1.29 is 4.79 Å². The second-order valence-corrected chi connectivity index (χ2v) is 5.64. The molecule has 0 aliphatic rings. The molecule has 2 amide bonds. The molecule has 0 heterocycles. The molecule has 2 rings (SSSR count). The van der Waals surface area contributed by atoms with Crippen LogP contribution in [-0.4, -0.2) is 12.6 Å². The van der Waals surface area contributed by atoms with Gasteiger partial charge in [-0.2, -0.15) is 0 Å². The summed E-state index contributed by atoms with van der Waals surface area (Å²) in [7, 11) is 0. The predicted octanol–water partition coefficient (Wildman–Crippen LogP) is 4.45. The van der Waals surface area contributed by atoms with E-state index in [9.17, 15) is 4.79 Å². The SMILES string of the molecule is Cc1ccc(C)c(NC(=O)NCCCCc2ccccc2)c1. The second kappa shape index (κ2) is 8.23. The van der Waals surface area contributed by atoms with Crippen LogP contribution in [0.4, 0.5) is 10.5 Å². The summed E-state index contributed by atoms with van der Waals surface area (Å²) in [5.41, 5.74) is 4.44. The molecule has 2 N–H and O–H groups in total. The van der Waals surface area contributed by atoms with Gasteiger partial charge in [0, 0.05) is 12.2 Å². The number of unbranched alkanes of at least 4 members (excludes halogenated alkanes) is 1. The van der Waals surface area contributed by atoms with E-state index in [4.69, 9.17) is 0 Å². The summed E-state index contributed by atoms with van der Waals surface area (Å²) in [6.07, 6.45) is 3.12. The molecule has 0 aromatic heterocycles. The normalized spacial score (nSPS) is 10.3. The van der Waals surface area contributed by atoms with Gasteiger partial charge < -0.3 is 10.6 Å². The first kappa shape index (κ1) is 16.1. The Labute approximate surface area is 132 Å². The van der Waals surface area contributed by atoms with Crippen LogP contribution in [-0.2, 0) is 6.42 Å². The van der Waals surface area contributed by atoms with Crippen molar-refractivity contribution >= 4 is 11.7 Å². The zero-order chi connectivity index (χ0) is 15.8. The lowest BCUT2D eigenvalue weighted by Gasteiger charge is -2.10. The molecule has 2 aromatic rings. The molecule has 0 aliphatic carbocycles. The van der Waals surface area contributed by atoms with Gasteiger partial charge in [-0.15, -0.1) is 0 Å². The summed E-state index contributed by atoms with van der Waals surface area (Å²) in [6, 6.07) is 16.4. The fraction of sp³-hybridized carbons (Fsp3) is 0.316. The molecule has 116 valence electrons. The lowest BCUT2D eigenvalue weighted by Crippen LogP contribution is -2.29. The third-order valence-corrected chi connectivity index (χ3v) is 3.66. The molecule has 3 nitrogen and oxygen atoms in total. The van der Waals surface area contributed by atoms with Crippen LogP contribution in [0.15, 0.2) is 48.5 Å². The summed E-state index contributed by atoms with van der Waals surface area (Å²) >= 11 is 0. The number of benzene rings is 2. The van der Waals surface area contributed by atoms with E-state index in [1.54, 1.807) is 0 Å². The molecule has 0 spiro atoms. The van der Waals surface area contributed by atoms with E-state index in [2.05, 4.69) is 34.9 Å². The quantitative estimate of drug-likeness (QED) is 0.760. The maximum atomic E-state index is 11.9. The molecule has 0 atom stereocenters. The van der Waals surface area contributed by atoms with E-state index in [1.165, 1.54) is 5.56 Å². The van der Waals surface area contributed by atoms with Gasteiger partial charge in [0.25, 0.3) is 0 Å². The number of urea groups is 1. The van der Waals surface area contributed by atoms with E-state index in [-0.39, 0.29) is 6.03 Å². The third kappa shape index (κ3) is 5.24. The van der Waals surface area contributed by atoms with Crippen LogP contribution in [0.25, 0.3) is 0 Å². The van der Waals surface area contributed by atoms with E-state index in [0.717, 1.165) is 36.1 Å². The summed E-state index contributed by atoms with van der Waals surface area (Å²) in [5.74, 6) is 0. The van der Waals surface area contributed by atoms with Crippen molar-refractivity contribution in [2.24, 2.45) is 0 Å². The van der Waals surface area contributed by atoms with Gasteiger partial charge in [0.1, 0.15) is 0 Å². The highest BCUT2D eigenvalue weighted by Gasteiger charge is 2.04. The molecule has 0 bridgehead atoms. The van der Waals surface area contributed by atoms with Crippen LogP contribution >= 0.6 is 0 Å². The summed E-state index contributed by atoms with van der Waals surface area (Å²) in [6.45, 7) is 4.71.